The van der Waals surface area contributed by atoms with Crippen LogP contribution in [0.2, 0.25) is 0 Å². The van der Waals surface area contributed by atoms with E-state index in [9.17, 15) is 0 Å². The van der Waals surface area contributed by atoms with Gasteiger partial charge in [0, 0.05) is 12.7 Å². The van der Waals surface area contributed by atoms with Crippen LogP contribution in [0.15, 0.2) is 18.3 Å². The van der Waals surface area contributed by atoms with Crippen LogP contribution in [-0.4, -0.2) is 17.8 Å². The molecule has 1 aliphatic carbocycles. The molecule has 3 nitrogen and oxygen atoms in total. The molecule has 0 unspecified atom stereocenters. The van der Waals surface area contributed by atoms with Gasteiger partial charge in [-0.1, -0.05) is 0 Å². The zero-order valence-electron chi connectivity index (χ0n) is 8.77. The van der Waals surface area contributed by atoms with Crippen molar-refractivity contribution in [3.8, 4) is 6.07 Å². The number of aromatic nitrogens is 1. The molecule has 0 saturated heterocycles. The fraction of sp³-hybridized carbons (Fsp3) is 0.455. The number of hydrogen-bond acceptors (Lipinski definition) is 4. The Balaban J connectivity index is 0.000000531. The zero-order chi connectivity index (χ0) is 11.1. The van der Waals surface area contributed by atoms with Crippen molar-refractivity contribution in [2.75, 3.05) is 18.1 Å². The Labute approximate surface area is 95.9 Å². The molecular weight excluding hydrogens is 206 g/mol. The van der Waals surface area contributed by atoms with Gasteiger partial charge in [0.05, 0.1) is 5.56 Å². The predicted octanol–water partition coefficient (Wildman–Crippen LogP) is 2.32. The summed E-state index contributed by atoms with van der Waals surface area (Å²) in [6, 6.07) is 5.67. The van der Waals surface area contributed by atoms with E-state index in [1.165, 1.54) is 12.8 Å². The fourth-order valence-corrected chi connectivity index (χ4v) is 1.14. The lowest BCUT2D eigenvalue weighted by atomic mass is 10.3. The molecule has 1 aliphatic rings. The molecule has 4 heteroatoms. The van der Waals surface area contributed by atoms with Gasteiger partial charge in [0.2, 0.25) is 0 Å². The van der Waals surface area contributed by atoms with E-state index in [1.807, 2.05) is 12.1 Å². The minimum atomic E-state index is 0.608. The van der Waals surface area contributed by atoms with Gasteiger partial charge in [0.25, 0.3) is 0 Å². The van der Waals surface area contributed by atoms with Crippen LogP contribution in [0.5, 0.6) is 0 Å². The van der Waals surface area contributed by atoms with E-state index in [4.69, 9.17) is 5.26 Å². The summed E-state index contributed by atoms with van der Waals surface area (Å²) in [6.45, 7) is 1.01. The molecule has 80 valence electrons. The first-order chi connectivity index (χ1) is 7.38. The standard InChI is InChI=1S/C10H11N3.CH4S/c11-5-9-3-4-10(13-7-9)12-6-8-1-2-8;1-2/h3-4,7-8H,1-2,6H2,(H,12,13);2H,1H3. The average Bonchev–Trinajstić information content (AvgIpc) is 3.14. The van der Waals surface area contributed by atoms with Crippen molar-refractivity contribution in [2.24, 2.45) is 5.92 Å². The van der Waals surface area contributed by atoms with Crippen LogP contribution in [0.25, 0.3) is 0 Å². The lowest BCUT2D eigenvalue weighted by molar-refractivity contribution is 0.883. The Bertz CT molecular complexity index is 325. The molecule has 0 bridgehead atoms. The maximum absolute atomic E-state index is 8.55. The van der Waals surface area contributed by atoms with Gasteiger partial charge in [0.1, 0.15) is 11.9 Å². The van der Waals surface area contributed by atoms with Crippen molar-refractivity contribution in [2.45, 2.75) is 12.8 Å². The highest BCUT2D eigenvalue weighted by molar-refractivity contribution is 7.79. The van der Waals surface area contributed by atoms with Crippen molar-refractivity contribution < 1.29 is 0 Å². The third kappa shape index (κ3) is 4.22. The smallest absolute Gasteiger partial charge is 0.125 e. The van der Waals surface area contributed by atoms with Crippen molar-refractivity contribution in [1.82, 2.24) is 4.98 Å². The number of rotatable bonds is 3. The Morgan fingerprint density at radius 2 is 2.27 bits per heavy atom. The summed E-state index contributed by atoms with van der Waals surface area (Å²) in [4.78, 5) is 4.12. The van der Waals surface area contributed by atoms with E-state index >= 15 is 0 Å². The summed E-state index contributed by atoms with van der Waals surface area (Å²) in [7, 11) is 0. The topological polar surface area (TPSA) is 48.7 Å². The second-order valence-electron chi connectivity index (χ2n) is 3.37. The molecule has 2 rings (SSSR count). The number of hydrogen-bond donors (Lipinski definition) is 2. The second kappa shape index (κ2) is 6.31. The van der Waals surface area contributed by atoms with E-state index in [0.717, 1.165) is 18.3 Å². The quantitative estimate of drug-likeness (QED) is 0.770. The van der Waals surface area contributed by atoms with Crippen LogP contribution in [0, 0.1) is 17.2 Å². The molecule has 1 N–H and O–H groups in total. The second-order valence-corrected chi connectivity index (χ2v) is 3.37. The van der Waals surface area contributed by atoms with E-state index in [1.54, 1.807) is 18.5 Å². The zero-order valence-corrected chi connectivity index (χ0v) is 9.67. The molecule has 0 radical (unpaired) electrons. The number of pyridine rings is 1. The van der Waals surface area contributed by atoms with Gasteiger partial charge in [-0.15, -0.1) is 0 Å². The molecule has 0 amide bonds. The maximum atomic E-state index is 8.55. The van der Waals surface area contributed by atoms with Crippen LogP contribution < -0.4 is 5.32 Å². The number of nitrogens with zero attached hydrogens (tertiary/aromatic N) is 2. The molecule has 0 aromatic carbocycles. The first-order valence-electron chi connectivity index (χ1n) is 4.93. The first-order valence-corrected chi connectivity index (χ1v) is 5.82. The van der Waals surface area contributed by atoms with Gasteiger partial charge in [-0.25, -0.2) is 4.98 Å². The Morgan fingerprint density at radius 1 is 1.53 bits per heavy atom. The minimum absolute atomic E-state index is 0.608. The normalized spacial score (nSPS) is 13.4. The van der Waals surface area contributed by atoms with Gasteiger partial charge < -0.3 is 5.32 Å². The number of nitrogens with one attached hydrogen (secondary N) is 1. The lowest BCUT2D eigenvalue weighted by Crippen LogP contribution is -2.04. The summed E-state index contributed by atoms with van der Waals surface area (Å²) in [5.41, 5.74) is 0.608. The van der Waals surface area contributed by atoms with E-state index in [-0.39, 0.29) is 0 Å². The summed E-state index contributed by atoms with van der Waals surface area (Å²) in [6.07, 6.45) is 5.96. The molecule has 1 aromatic rings. The van der Waals surface area contributed by atoms with E-state index in [0.29, 0.717) is 5.56 Å². The molecule has 1 saturated carbocycles. The Hall–Kier alpha value is -1.21. The van der Waals surface area contributed by atoms with Crippen molar-refractivity contribution >= 4 is 18.4 Å². The third-order valence-corrected chi connectivity index (χ3v) is 2.16. The van der Waals surface area contributed by atoms with Gasteiger partial charge in [0.15, 0.2) is 0 Å². The summed E-state index contributed by atoms with van der Waals surface area (Å²) in [5.74, 6) is 1.71. The van der Waals surface area contributed by atoms with E-state index < -0.39 is 0 Å². The van der Waals surface area contributed by atoms with Crippen LogP contribution in [0.1, 0.15) is 18.4 Å². The lowest BCUT2D eigenvalue weighted by Gasteiger charge is -2.02. The number of nitriles is 1. The van der Waals surface area contributed by atoms with Crippen molar-refractivity contribution in [3.05, 3.63) is 23.9 Å². The number of anilines is 1. The van der Waals surface area contributed by atoms with Gasteiger partial charge in [-0.3, -0.25) is 0 Å². The van der Waals surface area contributed by atoms with E-state index in [2.05, 4.69) is 22.9 Å². The molecule has 0 spiro atoms. The monoisotopic (exact) mass is 221 g/mol. The molecule has 0 atom stereocenters. The summed E-state index contributed by atoms with van der Waals surface area (Å²) in [5, 5.41) is 11.8. The highest BCUT2D eigenvalue weighted by Crippen LogP contribution is 2.28. The molecule has 1 aromatic heterocycles. The summed E-state index contributed by atoms with van der Waals surface area (Å²) < 4.78 is 0. The third-order valence-electron chi connectivity index (χ3n) is 2.16. The van der Waals surface area contributed by atoms with Gasteiger partial charge in [-0.05, 0) is 37.1 Å². The Morgan fingerprint density at radius 3 is 2.73 bits per heavy atom. The molecule has 15 heavy (non-hydrogen) atoms. The van der Waals surface area contributed by atoms with Crippen LogP contribution in [0.4, 0.5) is 5.82 Å². The van der Waals surface area contributed by atoms with Crippen LogP contribution in [-0.2, 0) is 0 Å². The highest BCUT2D eigenvalue weighted by atomic mass is 32.1. The molecule has 1 fully saturated rings. The van der Waals surface area contributed by atoms with Crippen molar-refractivity contribution in [3.63, 3.8) is 0 Å². The van der Waals surface area contributed by atoms with Crippen LogP contribution >= 0.6 is 12.6 Å². The summed E-state index contributed by atoms with van der Waals surface area (Å²) >= 11 is 3.53. The van der Waals surface area contributed by atoms with Gasteiger partial charge >= 0.3 is 0 Å². The average molecular weight is 221 g/mol. The first kappa shape index (κ1) is 11.9. The Kier molecular flexibility index (Phi) is 4.99. The predicted molar refractivity (Wildman–Crippen MR) is 65.1 cm³/mol. The fourth-order valence-electron chi connectivity index (χ4n) is 1.14. The largest absolute Gasteiger partial charge is 0.370 e. The molecule has 0 aliphatic heterocycles. The number of thiol groups is 1. The molecular formula is C11H15N3S. The van der Waals surface area contributed by atoms with Crippen molar-refractivity contribution in [1.29, 1.82) is 5.26 Å². The van der Waals surface area contributed by atoms with Gasteiger partial charge in [-0.2, -0.15) is 17.9 Å². The van der Waals surface area contributed by atoms with Crippen LogP contribution in [0.3, 0.4) is 0 Å². The minimum Gasteiger partial charge on any atom is -0.370 e. The molecule has 1 heterocycles. The highest BCUT2D eigenvalue weighted by Gasteiger charge is 2.20. The SMILES string of the molecule is CS.N#Cc1ccc(NCC2CC2)nc1. The maximum Gasteiger partial charge on any atom is 0.125 e.